The summed E-state index contributed by atoms with van der Waals surface area (Å²) in [6, 6.07) is -0.676. The zero-order chi connectivity index (χ0) is 12.5. The lowest BCUT2D eigenvalue weighted by molar-refractivity contribution is -0.150. The number of amides is 2. The molecular weight excluding hydrogens is 204 g/mol. The predicted molar refractivity (Wildman–Crippen MR) is 62.8 cm³/mol. The van der Waals surface area contributed by atoms with Gasteiger partial charge in [-0.05, 0) is 11.8 Å². The molecule has 3 unspecified atom stereocenters. The monoisotopic (exact) mass is 226 g/mol. The molecule has 16 heavy (non-hydrogen) atoms. The minimum absolute atomic E-state index is 0.0256. The number of nitrogens with zero attached hydrogens (tertiary/aromatic N) is 1. The molecule has 2 amide bonds. The van der Waals surface area contributed by atoms with Crippen molar-refractivity contribution in [3.05, 3.63) is 0 Å². The van der Waals surface area contributed by atoms with Gasteiger partial charge >= 0.3 is 0 Å². The molecule has 4 heteroatoms. The molecule has 0 spiro atoms. The third-order valence-electron chi connectivity index (χ3n) is 3.44. The van der Waals surface area contributed by atoms with Crippen LogP contribution in [0.25, 0.3) is 0 Å². The van der Waals surface area contributed by atoms with E-state index >= 15 is 0 Å². The molecule has 92 valence electrons. The third kappa shape index (κ3) is 2.20. The van der Waals surface area contributed by atoms with Gasteiger partial charge in [0.15, 0.2) is 0 Å². The van der Waals surface area contributed by atoms with Crippen molar-refractivity contribution in [1.29, 1.82) is 0 Å². The van der Waals surface area contributed by atoms with Crippen LogP contribution in [-0.2, 0) is 9.59 Å². The van der Waals surface area contributed by atoms with Gasteiger partial charge < -0.3 is 10.2 Å². The van der Waals surface area contributed by atoms with Gasteiger partial charge in [-0.1, -0.05) is 34.1 Å². The van der Waals surface area contributed by atoms with E-state index in [4.69, 9.17) is 0 Å². The summed E-state index contributed by atoms with van der Waals surface area (Å²) in [5.74, 6) is 0.342. The van der Waals surface area contributed by atoms with Crippen molar-refractivity contribution in [3.63, 3.8) is 0 Å². The van der Waals surface area contributed by atoms with Crippen LogP contribution >= 0.6 is 0 Å². The van der Waals surface area contributed by atoms with Gasteiger partial charge in [0, 0.05) is 7.05 Å². The summed E-state index contributed by atoms with van der Waals surface area (Å²) < 4.78 is 0. The van der Waals surface area contributed by atoms with Gasteiger partial charge in [-0.3, -0.25) is 9.59 Å². The zero-order valence-electron chi connectivity index (χ0n) is 10.8. The minimum Gasteiger partial charge on any atom is -0.342 e. The van der Waals surface area contributed by atoms with Crippen molar-refractivity contribution >= 4 is 11.8 Å². The van der Waals surface area contributed by atoms with Gasteiger partial charge in [0.05, 0.1) is 0 Å². The zero-order valence-corrected chi connectivity index (χ0v) is 10.8. The standard InChI is InChI=1S/C12H22N2O2/c1-6-8(4)9-12(16)14(5)10(7(2)3)11(15)13-9/h7-10H,6H2,1-5H3,(H,13,15). The fraction of sp³-hybridized carbons (Fsp3) is 0.833. The predicted octanol–water partition coefficient (Wildman–Crippen LogP) is 1.01. The molecule has 0 bridgehead atoms. The Morgan fingerprint density at radius 1 is 1.31 bits per heavy atom. The summed E-state index contributed by atoms with van der Waals surface area (Å²) >= 11 is 0. The highest BCUT2D eigenvalue weighted by Gasteiger charge is 2.41. The molecular formula is C12H22N2O2. The Bertz CT molecular complexity index is 289. The molecule has 1 rings (SSSR count). The first-order valence-electron chi connectivity index (χ1n) is 5.97. The Kier molecular flexibility index (Phi) is 3.94. The van der Waals surface area contributed by atoms with Crippen LogP contribution in [-0.4, -0.2) is 35.8 Å². The van der Waals surface area contributed by atoms with E-state index in [-0.39, 0.29) is 35.7 Å². The fourth-order valence-corrected chi connectivity index (χ4v) is 2.20. The van der Waals surface area contributed by atoms with Crippen molar-refractivity contribution in [3.8, 4) is 0 Å². The Morgan fingerprint density at radius 2 is 1.88 bits per heavy atom. The smallest absolute Gasteiger partial charge is 0.245 e. The van der Waals surface area contributed by atoms with Crippen molar-refractivity contribution in [1.82, 2.24) is 10.2 Å². The second-order valence-electron chi connectivity index (χ2n) is 5.01. The number of rotatable bonds is 3. The lowest BCUT2D eigenvalue weighted by Gasteiger charge is -2.40. The van der Waals surface area contributed by atoms with Gasteiger partial charge in [-0.2, -0.15) is 0 Å². The summed E-state index contributed by atoms with van der Waals surface area (Å²) in [5, 5.41) is 2.85. The lowest BCUT2D eigenvalue weighted by Crippen LogP contribution is -2.65. The molecule has 1 heterocycles. The van der Waals surface area contributed by atoms with Crippen LogP contribution in [0.4, 0.5) is 0 Å². The van der Waals surface area contributed by atoms with Gasteiger partial charge in [-0.25, -0.2) is 0 Å². The highest BCUT2D eigenvalue weighted by molar-refractivity contribution is 5.97. The summed E-state index contributed by atoms with van der Waals surface area (Å²) in [7, 11) is 1.72. The maximum absolute atomic E-state index is 12.1. The molecule has 1 aliphatic rings. The number of hydrogen-bond donors (Lipinski definition) is 1. The van der Waals surface area contributed by atoms with Crippen LogP contribution in [0.5, 0.6) is 0 Å². The Balaban J connectivity index is 2.87. The highest BCUT2D eigenvalue weighted by atomic mass is 16.2. The van der Waals surface area contributed by atoms with Crippen LogP contribution < -0.4 is 5.32 Å². The first kappa shape index (κ1) is 13.0. The van der Waals surface area contributed by atoms with Gasteiger partial charge in [0.2, 0.25) is 11.8 Å². The topological polar surface area (TPSA) is 49.4 Å². The number of likely N-dealkylation sites (N-methyl/N-ethyl adjacent to an activating group) is 1. The van der Waals surface area contributed by atoms with E-state index in [2.05, 4.69) is 5.32 Å². The van der Waals surface area contributed by atoms with Crippen LogP contribution in [0.1, 0.15) is 34.1 Å². The van der Waals surface area contributed by atoms with Crippen molar-refractivity contribution in [2.75, 3.05) is 7.05 Å². The number of carbonyl (C=O) groups is 2. The minimum atomic E-state index is -0.350. The van der Waals surface area contributed by atoms with Gasteiger partial charge in [0.25, 0.3) is 0 Å². The summed E-state index contributed by atoms with van der Waals surface area (Å²) in [6.07, 6.45) is 0.886. The second kappa shape index (κ2) is 4.85. The lowest BCUT2D eigenvalue weighted by atomic mass is 9.91. The molecule has 3 atom stereocenters. The number of hydrogen-bond acceptors (Lipinski definition) is 2. The maximum atomic E-state index is 12.1. The van der Waals surface area contributed by atoms with Crippen LogP contribution in [0, 0.1) is 11.8 Å². The molecule has 0 aliphatic carbocycles. The van der Waals surface area contributed by atoms with E-state index in [1.165, 1.54) is 0 Å². The van der Waals surface area contributed by atoms with Crippen molar-refractivity contribution in [2.45, 2.75) is 46.2 Å². The maximum Gasteiger partial charge on any atom is 0.245 e. The Morgan fingerprint density at radius 3 is 2.31 bits per heavy atom. The average Bonchev–Trinajstić information content (AvgIpc) is 2.22. The molecule has 1 fully saturated rings. The van der Waals surface area contributed by atoms with Crippen LogP contribution in [0.2, 0.25) is 0 Å². The van der Waals surface area contributed by atoms with E-state index in [1.54, 1.807) is 11.9 Å². The van der Waals surface area contributed by atoms with E-state index in [0.717, 1.165) is 6.42 Å². The molecule has 0 saturated carbocycles. The first-order chi connectivity index (χ1) is 7.40. The van der Waals surface area contributed by atoms with E-state index in [1.807, 2.05) is 27.7 Å². The van der Waals surface area contributed by atoms with Gasteiger partial charge in [0.1, 0.15) is 12.1 Å². The van der Waals surface area contributed by atoms with Crippen LogP contribution in [0.3, 0.4) is 0 Å². The Hall–Kier alpha value is -1.06. The first-order valence-corrected chi connectivity index (χ1v) is 5.97. The summed E-state index contributed by atoms with van der Waals surface area (Å²) in [4.78, 5) is 25.6. The third-order valence-corrected chi connectivity index (χ3v) is 3.44. The molecule has 1 aliphatic heterocycles. The molecule has 1 saturated heterocycles. The molecule has 4 nitrogen and oxygen atoms in total. The fourth-order valence-electron chi connectivity index (χ4n) is 2.20. The SMILES string of the molecule is CCC(C)C1NC(=O)C(C(C)C)N(C)C1=O. The second-order valence-corrected chi connectivity index (χ2v) is 5.01. The normalized spacial score (nSPS) is 28.2. The van der Waals surface area contributed by atoms with Crippen molar-refractivity contribution in [2.24, 2.45) is 11.8 Å². The molecule has 0 aromatic heterocycles. The number of piperazine rings is 1. The molecule has 0 radical (unpaired) electrons. The number of carbonyl (C=O) groups excluding carboxylic acids is 2. The van der Waals surface area contributed by atoms with E-state index < -0.39 is 0 Å². The molecule has 0 aromatic rings. The van der Waals surface area contributed by atoms with Gasteiger partial charge in [-0.15, -0.1) is 0 Å². The summed E-state index contributed by atoms with van der Waals surface area (Å²) in [5.41, 5.74) is 0. The number of nitrogens with one attached hydrogen (secondary N) is 1. The highest BCUT2D eigenvalue weighted by Crippen LogP contribution is 2.20. The van der Waals surface area contributed by atoms with Crippen molar-refractivity contribution < 1.29 is 9.59 Å². The van der Waals surface area contributed by atoms with Crippen LogP contribution in [0.15, 0.2) is 0 Å². The molecule has 0 aromatic carbocycles. The average molecular weight is 226 g/mol. The van der Waals surface area contributed by atoms with E-state index in [0.29, 0.717) is 0 Å². The van der Waals surface area contributed by atoms with E-state index in [9.17, 15) is 9.59 Å². The molecule has 1 N–H and O–H groups in total. The Labute approximate surface area is 97.4 Å². The largest absolute Gasteiger partial charge is 0.342 e. The quantitative estimate of drug-likeness (QED) is 0.781. The summed E-state index contributed by atoms with van der Waals surface area (Å²) in [6.45, 7) is 7.93.